The van der Waals surface area contributed by atoms with Crippen LogP contribution in [-0.4, -0.2) is 17.4 Å². The molecule has 2 nitrogen and oxygen atoms in total. The smallest absolute Gasteiger partial charge is 0.129 e. The lowest BCUT2D eigenvalue weighted by Gasteiger charge is -2.19. The zero-order valence-corrected chi connectivity index (χ0v) is 8.90. The van der Waals surface area contributed by atoms with Crippen LogP contribution in [0.3, 0.4) is 0 Å². The Labute approximate surface area is 92.3 Å². The first-order valence-corrected chi connectivity index (χ1v) is 5.27. The van der Waals surface area contributed by atoms with Crippen LogP contribution in [0.15, 0.2) is 28.5 Å². The highest BCUT2D eigenvalue weighted by molar-refractivity contribution is 6.34. The third-order valence-electron chi connectivity index (χ3n) is 2.25. The van der Waals surface area contributed by atoms with E-state index in [1.165, 1.54) is 0 Å². The number of alkyl halides is 1. The SMILES string of the molecule is O=C=C1C=CC(Cl)=C(NC2CC2)C1Cl. The Hall–Kier alpha value is -0.690. The largest absolute Gasteiger partial charge is 0.383 e. The fraction of sp³-hybridized carbons (Fsp3) is 0.400. The molecule has 0 radical (unpaired) electrons. The van der Waals surface area contributed by atoms with Crippen LogP contribution in [-0.2, 0) is 4.79 Å². The Kier molecular flexibility index (Phi) is 2.69. The molecule has 1 atom stereocenters. The zero-order chi connectivity index (χ0) is 10.1. The van der Waals surface area contributed by atoms with Crippen LogP contribution >= 0.6 is 23.2 Å². The number of nitrogens with one attached hydrogen (secondary N) is 1. The molecule has 14 heavy (non-hydrogen) atoms. The highest BCUT2D eigenvalue weighted by Crippen LogP contribution is 2.30. The molecule has 4 heteroatoms. The minimum absolute atomic E-state index is 0.430. The van der Waals surface area contributed by atoms with Crippen LogP contribution in [0.25, 0.3) is 0 Å². The topological polar surface area (TPSA) is 29.1 Å². The van der Waals surface area contributed by atoms with Crippen LogP contribution in [0.1, 0.15) is 12.8 Å². The Bertz CT molecular complexity index is 362. The molecule has 0 aromatic heterocycles. The molecule has 1 fully saturated rings. The summed E-state index contributed by atoms with van der Waals surface area (Å²) in [6, 6.07) is 0.472. The van der Waals surface area contributed by atoms with E-state index < -0.39 is 5.38 Å². The van der Waals surface area contributed by atoms with E-state index in [0.29, 0.717) is 16.6 Å². The molecule has 0 aromatic rings. The van der Waals surface area contributed by atoms with E-state index >= 15 is 0 Å². The summed E-state index contributed by atoms with van der Waals surface area (Å²) in [5, 5.41) is 3.32. The van der Waals surface area contributed by atoms with Crippen LogP contribution in [0.4, 0.5) is 0 Å². The summed E-state index contributed by atoms with van der Waals surface area (Å²) < 4.78 is 0. The van der Waals surface area contributed by atoms with E-state index in [1.54, 1.807) is 12.2 Å². The standard InChI is InChI=1S/C10H9Cl2NO/c11-8-4-1-6(5-14)9(12)10(8)13-7-2-3-7/h1,4,7,9,13H,2-3H2. The molecule has 0 amide bonds. The summed E-state index contributed by atoms with van der Waals surface area (Å²) in [6.45, 7) is 0. The quantitative estimate of drug-likeness (QED) is 0.581. The lowest BCUT2D eigenvalue weighted by molar-refractivity contribution is 0.567. The second-order valence-electron chi connectivity index (χ2n) is 3.43. The van der Waals surface area contributed by atoms with E-state index in [-0.39, 0.29) is 0 Å². The molecule has 2 rings (SSSR count). The number of allylic oxidation sites excluding steroid dienone is 4. The first-order valence-electron chi connectivity index (χ1n) is 4.45. The van der Waals surface area contributed by atoms with Gasteiger partial charge in [-0.2, -0.15) is 0 Å². The van der Waals surface area contributed by atoms with Gasteiger partial charge in [-0.3, -0.25) is 0 Å². The second kappa shape index (κ2) is 3.82. The molecule has 2 aliphatic carbocycles. The highest BCUT2D eigenvalue weighted by atomic mass is 35.5. The molecule has 0 bridgehead atoms. The van der Waals surface area contributed by atoms with Gasteiger partial charge < -0.3 is 5.32 Å². The molecule has 74 valence electrons. The maximum atomic E-state index is 10.5. The maximum absolute atomic E-state index is 10.5. The van der Waals surface area contributed by atoms with E-state index in [2.05, 4.69) is 5.32 Å². The van der Waals surface area contributed by atoms with Gasteiger partial charge in [-0.05, 0) is 25.0 Å². The van der Waals surface area contributed by atoms with E-state index in [4.69, 9.17) is 23.2 Å². The van der Waals surface area contributed by atoms with Crippen molar-refractivity contribution in [2.75, 3.05) is 0 Å². The predicted octanol–water partition coefficient (Wildman–Crippen LogP) is 2.12. The second-order valence-corrected chi connectivity index (χ2v) is 4.28. The lowest BCUT2D eigenvalue weighted by Crippen LogP contribution is -2.26. The molecule has 0 aliphatic heterocycles. The van der Waals surface area contributed by atoms with Gasteiger partial charge in [0, 0.05) is 6.04 Å². The molecule has 0 aromatic carbocycles. The molecule has 1 saturated carbocycles. The fourth-order valence-electron chi connectivity index (χ4n) is 1.29. The summed E-state index contributed by atoms with van der Waals surface area (Å²) >= 11 is 12.0. The Morgan fingerprint density at radius 2 is 2.14 bits per heavy atom. The molecular formula is C10H9Cl2NO. The van der Waals surface area contributed by atoms with Crippen molar-refractivity contribution in [2.45, 2.75) is 24.3 Å². The Morgan fingerprint density at radius 1 is 1.43 bits per heavy atom. The van der Waals surface area contributed by atoms with Crippen molar-refractivity contribution in [1.29, 1.82) is 0 Å². The molecule has 0 spiro atoms. The van der Waals surface area contributed by atoms with Gasteiger partial charge in [-0.1, -0.05) is 11.6 Å². The Balaban J connectivity index is 2.24. The van der Waals surface area contributed by atoms with Crippen molar-refractivity contribution < 1.29 is 4.79 Å². The van der Waals surface area contributed by atoms with Crippen molar-refractivity contribution in [3.63, 3.8) is 0 Å². The number of carbonyl (C=O) groups excluding carboxylic acids is 1. The minimum Gasteiger partial charge on any atom is -0.383 e. The number of hydrogen-bond donors (Lipinski definition) is 1. The van der Waals surface area contributed by atoms with E-state index in [1.807, 2.05) is 5.94 Å². The minimum atomic E-state index is -0.481. The molecule has 0 saturated heterocycles. The van der Waals surface area contributed by atoms with Crippen molar-refractivity contribution in [3.8, 4) is 0 Å². The summed E-state index contributed by atoms with van der Waals surface area (Å²) in [5.74, 6) is 1.81. The monoisotopic (exact) mass is 229 g/mol. The van der Waals surface area contributed by atoms with Gasteiger partial charge in [-0.15, -0.1) is 11.6 Å². The van der Waals surface area contributed by atoms with Gasteiger partial charge in [0.05, 0.1) is 16.3 Å². The molecular weight excluding hydrogens is 221 g/mol. The van der Waals surface area contributed by atoms with Crippen molar-refractivity contribution in [1.82, 2.24) is 5.32 Å². The summed E-state index contributed by atoms with van der Waals surface area (Å²) in [5.41, 5.74) is 1.16. The van der Waals surface area contributed by atoms with Gasteiger partial charge in [0.15, 0.2) is 0 Å². The summed E-state index contributed by atoms with van der Waals surface area (Å²) in [4.78, 5) is 10.5. The van der Waals surface area contributed by atoms with Crippen molar-refractivity contribution in [2.24, 2.45) is 0 Å². The van der Waals surface area contributed by atoms with E-state index in [0.717, 1.165) is 18.5 Å². The van der Waals surface area contributed by atoms with Gasteiger partial charge in [0.2, 0.25) is 0 Å². The summed E-state index contributed by atoms with van der Waals surface area (Å²) in [7, 11) is 0. The number of hydrogen-bond acceptors (Lipinski definition) is 2. The summed E-state index contributed by atoms with van der Waals surface area (Å²) in [6.07, 6.45) is 5.55. The predicted molar refractivity (Wildman–Crippen MR) is 57.0 cm³/mol. The average molecular weight is 230 g/mol. The third-order valence-corrected chi connectivity index (χ3v) is 3.03. The normalized spacial score (nSPS) is 26.4. The molecule has 1 N–H and O–H groups in total. The van der Waals surface area contributed by atoms with Crippen LogP contribution in [0, 0.1) is 0 Å². The number of halogens is 2. The molecule has 0 heterocycles. The average Bonchev–Trinajstić information content (AvgIpc) is 2.96. The first kappa shape index (κ1) is 9.85. The number of rotatable bonds is 2. The molecule has 2 aliphatic rings. The zero-order valence-electron chi connectivity index (χ0n) is 7.39. The highest BCUT2D eigenvalue weighted by Gasteiger charge is 2.28. The van der Waals surface area contributed by atoms with Crippen molar-refractivity contribution >= 4 is 29.1 Å². The van der Waals surface area contributed by atoms with Crippen molar-refractivity contribution in [3.05, 3.63) is 28.5 Å². The van der Waals surface area contributed by atoms with Crippen LogP contribution in [0.2, 0.25) is 0 Å². The fourth-order valence-corrected chi connectivity index (χ4v) is 1.87. The van der Waals surface area contributed by atoms with Gasteiger partial charge >= 0.3 is 0 Å². The van der Waals surface area contributed by atoms with Gasteiger partial charge in [0.1, 0.15) is 11.3 Å². The third kappa shape index (κ3) is 1.88. The van der Waals surface area contributed by atoms with Crippen LogP contribution < -0.4 is 5.32 Å². The maximum Gasteiger partial charge on any atom is 0.129 e. The van der Waals surface area contributed by atoms with Gasteiger partial charge in [0.25, 0.3) is 0 Å². The molecule has 1 unspecified atom stereocenters. The van der Waals surface area contributed by atoms with Crippen LogP contribution in [0.5, 0.6) is 0 Å². The first-order chi connectivity index (χ1) is 6.72. The Morgan fingerprint density at radius 3 is 2.71 bits per heavy atom. The van der Waals surface area contributed by atoms with Gasteiger partial charge in [-0.25, -0.2) is 4.79 Å². The van der Waals surface area contributed by atoms with E-state index in [9.17, 15) is 4.79 Å². The lowest BCUT2D eigenvalue weighted by atomic mass is 10.1.